The molecular formula is C23H28N6O3S. The molecule has 3 aromatic rings. The zero-order valence-corrected chi connectivity index (χ0v) is 19.6. The molecule has 1 aromatic carbocycles. The van der Waals surface area contributed by atoms with E-state index in [9.17, 15) is 13.2 Å². The topological polar surface area (TPSA) is 100 Å². The average molecular weight is 469 g/mol. The molecule has 1 saturated heterocycles. The van der Waals surface area contributed by atoms with Crippen LogP contribution >= 0.6 is 0 Å². The Hall–Kier alpha value is -3.24. The van der Waals surface area contributed by atoms with E-state index in [0.29, 0.717) is 11.4 Å². The number of pyridine rings is 1. The Bertz CT molecular complexity index is 1200. The number of amides is 1. The van der Waals surface area contributed by atoms with Crippen LogP contribution in [0.3, 0.4) is 0 Å². The summed E-state index contributed by atoms with van der Waals surface area (Å²) in [6.45, 7) is 1.97. The lowest BCUT2D eigenvalue weighted by Gasteiger charge is -2.30. The predicted molar refractivity (Wildman–Crippen MR) is 126 cm³/mol. The molecule has 1 fully saturated rings. The Labute approximate surface area is 194 Å². The minimum absolute atomic E-state index is 0.101. The fourth-order valence-electron chi connectivity index (χ4n) is 3.82. The maximum atomic E-state index is 13.2. The van der Waals surface area contributed by atoms with Crippen molar-refractivity contribution in [2.24, 2.45) is 0 Å². The van der Waals surface area contributed by atoms with Crippen LogP contribution in [0.2, 0.25) is 0 Å². The van der Waals surface area contributed by atoms with Crippen molar-refractivity contribution in [1.82, 2.24) is 24.4 Å². The van der Waals surface area contributed by atoms with Crippen molar-refractivity contribution in [1.29, 1.82) is 0 Å². The molecule has 1 N–H and O–H groups in total. The van der Waals surface area contributed by atoms with E-state index in [0.717, 1.165) is 47.9 Å². The van der Waals surface area contributed by atoms with E-state index in [1.54, 1.807) is 35.4 Å². The fourth-order valence-corrected chi connectivity index (χ4v) is 4.75. The lowest BCUT2D eigenvalue weighted by Crippen LogP contribution is -2.33. The second kappa shape index (κ2) is 9.72. The SMILES string of the molecule is CN(C)S(=O)(=O)c1ccc(N2CCCCC2)c(C(=O)NCc2ccc(-n3cccn3)nc2)c1. The number of benzene rings is 1. The molecule has 0 saturated carbocycles. The smallest absolute Gasteiger partial charge is 0.253 e. The number of rotatable bonds is 7. The maximum Gasteiger partial charge on any atom is 0.253 e. The monoisotopic (exact) mass is 468 g/mol. The maximum absolute atomic E-state index is 13.2. The summed E-state index contributed by atoms with van der Waals surface area (Å²) in [7, 11) is -0.698. The van der Waals surface area contributed by atoms with E-state index in [4.69, 9.17) is 0 Å². The molecule has 0 radical (unpaired) electrons. The lowest BCUT2D eigenvalue weighted by molar-refractivity contribution is 0.0951. The second-order valence-corrected chi connectivity index (χ2v) is 10.3. The standard InChI is InChI=1S/C23H28N6O3S/c1-27(2)33(31,32)19-8-9-21(28-12-4-3-5-13-28)20(15-19)23(30)25-17-18-7-10-22(24-16-18)29-14-6-11-26-29/h6-11,14-16H,3-5,12-13,17H2,1-2H3,(H,25,30). The molecule has 0 unspecified atom stereocenters. The summed E-state index contributed by atoms with van der Waals surface area (Å²) in [4.78, 5) is 19.8. The van der Waals surface area contributed by atoms with Gasteiger partial charge in [-0.05, 0) is 55.2 Å². The van der Waals surface area contributed by atoms with Crippen molar-refractivity contribution in [2.75, 3.05) is 32.1 Å². The molecule has 10 heteroatoms. The molecule has 2 aromatic heterocycles. The van der Waals surface area contributed by atoms with Crippen LogP contribution in [0, 0.1) is 0 Å². The molecule has 1 amide bonds. The minimum atomic E-state index is -3.66. The van der Waals surface area contributed by atoms with Crippen molar-refractivity contribution in [3.8, 4) is 5.82 Å². The number of hydrogen-bond acceptors (Lipinski definition) is 6. The van der Waals surface area contributed by atoms with Crippen LogP contribution in [0.25, 0.3) is 5.82 Å². The Balaban J connectivity index is 1.56. The van der Waals surface area contributed by atoms with Gasteiger partial charge in [0, 0.05) is 58.0 Å². The third kappa shape index (κ3) is 5.07. The van der Waals surface area contributed by atoms with Gasteiger partial charge in [-0.3, -0.25) is 4.79 Å². The Morgan fingerprint density at radius 2 is 1.91 bits per heavy atom. The van der Waals surface area contributed by atoms with Crippen LogP contribution in [0.15, 0.2) is 59.9 Å². The number of carbonyl (C=O) groups excluding carboxylic acids is 1. The molecule has 33 heavy (non-hydrogen) atoms. The number of piperidine rings is 1. The largest absolute Gasteiger partial charge is 0.371 e. The van der Waals surface area contributed by atoms with Crippen molar-refractivity contribution in [2.45, 2.75) is 30.7 Å². The molecule has 1 aliphatic heterocycles. The van der Waals surface area contributed by atoms with Crippen molar-refractivity contribution in [3.05, 3.63) is 66.1 Å². The molecule has 0 spiro atoms. The summed E-state index contributed by atoms with van der Waals surface area (Å²) in [6, 6.07) is 10.3. The molecule has 9 nitrogen and oxygen atoms in total. The van der Waals surface area contributed by atoms with Gasteiger partial charge in [-0.25, -0.2) is 22.4 Å². The van der Waals surface area contributed by atoms with E-state index < -0.39 is 10.0 Å². The van der Waals surface area contributed by atoms with E-state index in [1.165, 1.54) is 20.2 Å². The molecule has 0 bridgehead atoms. The van der Waals surface area contributed by atoms with Gasteiger partial charge in [-0.1, -0.05) is 6.07 Å². The molecule has 4 rings (SSSR count). The van der Waals surface area contributed by atoms with Gasteiger partial charge < -0.3 is 10.2 Å². The average Bonchev–Trinajstić information content (AvgIpc) is 3.38. The van der Waals surface area contributed by atoms with E-state index in [-0.39, 0.29) is 17.3 Å². The number of sulfonamides is 1. The first-order valence-electron chi connectivity index (χ1n) is 10.9. The van der Waals surface area contributed by atoms with Gasteiger partial charge in [0.25, 0.3) is 5.91 Å². The molecule has 1 aliphatic rings. The van der Waals surface area contributed by atoms with Crippen LogP contribution in [-0.4, -0.2) is 60.6 Å². The zero-order chi connectivity index (χ0) is 23.4. The van der Waals surface area contributed by atoms with Gasteiger partial charge in [-0.15, -0.1) is 0 Å². The number of nitrogens with one attached hydrogen (secondary N) is 1. The minimum Gasteiger partial charge on any atom is -0.371 e. The van der Waals surface area contributed by atoms with Crippen LogP contribution in [-0.2, 0) is 16.6 Å². The van der Waals surface area contributed by atoms with Gasteiger partial charge in [0.1, 0.15) is 0 Å². The van der Waals surface area contributed by atoms with Crippen molar-refractivity contribution >= 4 is 21.6 Å². The first-order chi connectivity index (χ1) is 15.9. The van der Waals surface area contributed by atoms with Crippen LogP contribution in [0.1, 0.15) is 35.2 Å². The highest BCUT2D eigenvalue weighted by Crippen LogP contribution is 2.28. The van der Waals surface area contributed by atoms with E-state index in [2.05, 4.69) is 20.3 Å². The van der Waals surface area contributed by atoms with Gasteiger partial charge >= 0.3 is 0 Å². The Kier molecular flexibility index (Phi) is 6.75. The van der Waals surface area contributed by atoms with Crippen LogP contribution in [0.4, 0.5) is 5.69 Å². The third-order valence-electron chi connectivity index (χ3n) is 5.69. The second-order valence-electron chi connectivity index (χ2n) is 8.17. The number of aromatic nitrogens is 3. The molecule has 174 valence electrons. The van der Waals surface area contributed by atoms with Crippen molar-refractivity contribution in [3.63, 3.8) is 0 Å². The number of nitrogens with zero attached hydrogens (tertiary/aromatic N) is 5. The predicted octanol–water partition coefficient (Wildman–Crippen LogP) is 2.44. The quantitative estimate of drug-likeness (QED) is 0.572. The Morgan fingerprint density at radius 3 is 2.55 bits per heavy atom. The highest BCUT2D eigenvalue weighted by Gasteiger charge is 2.24. The highest BCUT2D eigenvalue weighted by atomic mass is 32.2. The summed E-state index contributed by atoms with van der Waals surface area (Å²) in [5.41, 5.74) is 1.95. The van der Waals surface area contributed by atoms with Gasteiger partial charge in [0.15, 0.2) is 5.82 Å². The first-order valence-corrected chi connectivity index (χ1v) is 12.3. The summed E-state index contributed by atoms with van der Waals surface area (Å²) < 4.78 is 28.1. The van der Waals surface area contributed by atoms with Gasteiger partial charge in [0.05, 0.1) is 10.5 Å². The number of anilines is 1. The van der Waals surface area contributed by atoms with E-state index in [1.807, 2.05) is 18.2 Å². The lowest BCUT2D eigenvalue weighted by atomic mass is 10.1. The van der Waals surface area contributed by atoms with Crippen LogP contribution < -0.4 is 10.2 Å². The number of hydrogen-bond donors (Lipinski definition) is 1. The van der Waals surface area contributed by atoms with Crippen molar-refractivity contribution < 1.29 is 13.2 Å². The molecule has 0 aliphatic carbocycles. The van der Waals surface area contributed by atoms with Gasteiger partial charge in [-0.2, -0.15) is 5.10 Å². The molecule has 3 heterocycles. The summed E-state index contributed by atoms with van der Waals surface area (Å²) >= 11 is 0. The zero-order valence-electron chi connectivity index (χ0n) is 18.8. The van der Waals surface area contributed by atoms with E-state index >= 15 is 0 Å². The normalized spacial score (nSPS) is 14.5. The summed E-state index contributed by atoms with van der Waals surface area (Å²) in [6.07, 6.45) is 8.43. The van der Waals surface area contributed by atoms with Crippen LogP contribution in [0.5, 0.6) is 0 Å². The molecular weight excluding hydrogens is 440 g/mol. The number of carbonyl (C=O) groups is 1. The summed E-state index contributed by atoms with van der Waals surface area (Å²) in [5, 5.41) is 7.07. The third-order valence-corrected chi connectivity index (χ3v) is 7.50. The fraction of sp³-hybridized carbons (Fsp3) is 0.348. The summed E-state index contributed by atoms with van der Waals surface area (Å²) in [5.74, 6) is 0.367. The van der Waals surface area contributed by atoms with Gasteiger partial charge in [0.2, 0.25) is 10.0 Å². The molecule has 0 atom stereocenters. The highest BCUT2D eigenvalue weighted by molar-refractivity contribution is 7.89. The first kappa shape index (κ1) is 22.9. The Morgan fingerprint density at radius 1 is 1.12 bits per heavy atom.